The second-order valence-corrected chi connectivity index (χ2v) is 5.10. The van der Waals surface area contributed by atoms with E-state index >= 15 is 0 Å². The van der Waals surface area contributed by atoms with Gasteiger partial charge in [0, 0.05) is 11.6 Å². The standard InChI is InChI=1S/C19H15FN2O3/c1-24-16-7-2-3-8-17(16)25-18-10-9-15(12-21-18)22-19(23)13-5-4-6-14(20)11-13/h2-12H,1H3,(H,22,23). The van der Waals surface area contributed by atoms with E-state index in [1.807, 2.05) is 12.1 Å². The van der Waals surface area contributed by atoms with Gasteiger partial charge >= 0.3 is 0 Å². The summed E-state index contributed by atoms with van der Waals surface area (Å²) < 4.78 is 24.0. The number of anilines is 1. The highest BCUT2D eigenvalue weighted by molar-refractivity contribution is 6.04. The van der Waals surface area contributed by atoms with Gasteiger partial charge in [-0.2, -0.15) is 0 Å². The number of carbonyl (C=O) groups is 1. The fraction of sp³-hybridized carbons (Fsp3) is 0.0526. The Morgan fingerprint density at radius 1 is 1.04 bits per heavy atom. The van der Waals surface area contributed by atoms with Crippen LogP contribution < -0.4 is 14.8 Å². The molecule has 3 aromatic rings. The van der Waals surface area contributed by atoms with Gasteiger partial charge in [0.2, 0.25) is 5.88 Å². The molecule has 0 unspecified atom stereocenters. The van der Waals surface area contributed by atoms with E-state index in [2.05, 4.69) is 10.3 Å². The van der Waals surface area contributed by atoms with Crippen LogP contribution in [-0.4, -0.2) is 18.0 Å². The number of carbonyl (C=O) groups excluding carboxylic acids is 1. The third-order valence-electron chi connectivity index (χ3n) is 3.36. The Morgan fingerprint density at radius 2 is 1.84 bits per heavy atom. The number of halogens is 1. The lowest BCUT2D eigenvalue weighted by Gasteiger charge is -2.10. The minimum atomic E-state index is -0.466. The third kappa shape index (κ3) is 4.11. The van der Waals surface area contributed by atoms with E-state index in [-0.39, 0.29) is 5.56 Å². The summed E-state index contributed by atoms with van der Waals surface area (Å²) in [5.74, 6) is 0.598. The summed E-state index contributed by atoms with van der Waals surface area (Å²) in [6, 6.07) is 15.9. The summed E-state index contributed by atoms with van der Waals surface area (Å²) in [6.45, 7) is 0. The second kappa shape index (κ2) is 7.44. The minimum Gasteiger partial charge on any atom is -0.493 e. The first-order chi connectivity index (χ1) is 12.2. The van der Waals surface area contributed by atoms with E-state index in [1.165, 1.54) is 30.5 Å². The van der Waals surface area contributed by atoms with Crippen molar-refractivity contribution in [1.82, 2.24) is 4.98 Å². The van der Waals surface area contributed by atoms with Crippen molar-refractivity contribution in [3.05, 3.63) is 78.2 Å². The quantitative estimate of drug-likeness (QED) is 0.754. The molecule has 1 aromatic heterocycles. The van der Waals surface area contributed by atoms with Gasteiger partial charge in [-0.15, -0.1) is 0 Å². The van der Waals surface area contributed by atoms with Crippen molar-refractivity contribution < 1.29 is 18.7 Å². The molecule has 0 radical (unpaired) electrons. The molecule has 1 heterocycles. The summed E-state index contributed by atoms with van der Waals surface area (Å²) >= 11 is 0. The monoisotopic (exact) mass is 338 g/mol. The maximum atomic E-state index is 13.2. The van der Waals surface area contributed by atoms with Crippen LogP contribution in [0.2, 0.25) is 0 Å². The van der Waals surface area contributed by atoms with Gasteiger partial charge in [-0.1, -0.05) is 18.2 Å². The highest BCUT2D eigenvalue weighted by Gasteiger charge is 2.09. The number of pyridine rings is 1. The molecule has 1 amide bonds. The Kier molecular flexibility index (Phi) is 4.89. The molecular weight excluding hydrogens is 323 g/mol. The van der Waals surface area contributed by atoms with Crippen molar-refractivity contribution >= 4 is 11.6 Å². The average Bonchev–Trinajstić information content (AvgIpc) is 2.64. The molecule has 0 saturated carbocycles. The number of hydrogen-bond acceptors (Lipinski definition) is 4. The van der Waals surface area contributed by atoms with Crippen LogP contribution in [0.15, 0.2) is 66.9 Å². The molecule has 0 bridgehead atoms. The molecular formula is C19H15FN2O3. The molecule has 0 aliphatic heterocycles. The van der Waals surface area contributed by atoms with Crippen molar-refractivity contribution in [2.75, 3.05) is 12.4 Å². The zero-order valence-corrected chi connectivity index (χ0v) is 13.4. The molecule has 0 saturated heterocycles. The van der Waals surface area contributed by atoms with Gasteiger partial charge in [0.1, 0.15) is 5.82 Å². The summed E-state index contributed by atoms with van der Waals surface area (Å²) in [6.07, 6.45) is 1.46. The molecule has 0 spiro atoms. The van der Waals surface area contributed by atoms with Crippen LogP contribution in [0.4, 0.5) is 10.1 Å². The highest BCUT2D eigenvalue weighted by atomic mass is 19.1. The van der Waals surface area contributed by atoms with Gasteiger partial charge < -0.3 is 14.8 Å². The molecule has 0 aliphatic carbocycles. The fourth-order valence-electron chi connectivity index (χ4n) is 2.16. The van der Waals surface area contributed by atoms with Crippen molar-refractivity contribution in [3.63, 3.8) is 0 Å². The van der Waals surface area contributed by atoms with Gasteiger partial charge in [0.05, 0.1) is 19.0 Å². The molecule has 5 nitrogen and oxygen atoms in total. The van der Waals surface area contributed by atoms with Gasteiger partial charge in [0.15, 0.2) is 11.5 Å². The van der Waals surface area contributed by atoms with E-state index in [9.17, 15) is 9.18 Å². The normalized spacial score (nSPS) is 10.2. The van der Waals surface area contributed by atoms with Crippen LogP contribution in [0.5, 0.6) is 17.4 Å². The Morgan fingerprint density at radius 3 is 2.52 bits per heavy atom. The zero-order chi connectivity index (χ0) is 17.6. The number of nitrogens with zero attached hydrogens (tertiary/aromatic N) is 1. The van der Waals surface area contributed by atoms with Gasteiger partial charge in [-0.05, 0) is 36.4 Å². The van der Waals surface area contributed by atoms with Crippen molar-refractivity contribution in [2.24, 2.45) is 0 Å². The van der Waals surface area contributed by atoms with Crippen molar-refractivity contribution in [1.29, 1.82) is 0 Å². The van der Waals surface area contributed by atoms with Crippen LogP contribution in [0.25, 0.3) is 0 Å². The number of methoxy groups -OCH3 is 1. The summed E-state index contributed by atoms with van der Waals surface area (Å²) in [7, 11) is 1.56. The number of aromatic nitrogens is 1. The fourth-order valence-corrected chi connectivity index (χ4v) is 2.16. The van der Waals surface area contributed by atoms with Gasteiger partial charge in [0.25, 0.3) is 5.91 Å². The number of nitrogens with one attached hydrogen (secondary N) is 1. The first-order valence-electron chi connectivity index (χ1n) is 7.49. The molecule has 0 fully saturated rings. The molecule has 0 aliphatic rings. The first-order valence-corrected chi connectivity index (χ1v) is 7.49. The lowest BCUT2D eigenvalue weighted by Crippen LogP contribution is -2.12. The lowest BCUT2D eigenvalue weighted by atomic mass is 10.2. The second-order valence-electron chi connectivity index (χ2n) is 5.10. The SMILES string of the molecule is COc1ccccc1Oc1ccc(NC(=O)c2cccc(F)c2)cn1. The Hall–Kier alpha value is -3.41. The Balaban J connectivity index is 1.69. The molecule has 1 N–H and O–H groups in total. The predicted molar refractivity (Wildman–Crippen MR) is 91.7 cm³/mol. The van der Waals surface area contributed by atoms with Crippen molar-refractivity contribution in [3.8, 4) is 17.4 Å². The number of para-hydroxylation sites is 2. The maximum Gasteiger partial charge on any atom is 0.255 e. The number of hydrogen-bond donors (Lipinski definition) is 1. The van der Waals surface area contributed by atoms with E-state index in [1.54, 1.807) is 31.4 Å². The zero-order valence-electron chi connectivity index (χ0n) is 13.4. The number of ether oxygens (including phenoxy) is 2. The summed E-state index contributed by atoms with van der Waals surface area (Å²) in [5.41, 5.74) is 0.705. The molecule has 3 rings (SSSR count). The summed E-state index contributed by atoms with van der Waals surface area (Å²) in [5, 5.41) is 2.65. The molecule has 126 valence electrons. The van der Waals surface area contributed by atoms with E-state index in [0.29, 0.717) is 23.1 Å². The van der Waals surface area contributed by atoms with E-state index in [0.717, 1.165) is 0 Å². The van der Waals surface area contributed by atoms with Crippen LogP contribution in [0.1, 0.15) is 10.4 Å². The molecule has 2 aromatic carbocycles. The largest absolute Gasteiger partial charge is 0.493 e. The molecule has 0 atom stereocenters. The molecule has 25 heavy (non-hydrogen) atoms. The number of amides is 1. The van der Waals surface area contributed by atoms with E-state index in [4.69, 9.17) is 9.47 Å². The van der Waals surface area contributed by atoms with Crippen LogP contribution in [0, 0.1) is 5.82 Å². The first kappa shape index (κ1) is 16.4. The van der Waals surface area contributed by atoms with Gasteiger partial charge in [-0.3, -0.25) is 4.79 Å². The maximum absolute atomic E-state index is 13.2. The van der Waals surface area contributed by atoms with Crippen LogP contribution in [-0.2, 0) is 0 Å². The number of rotatable bonds is 5. The molecule has 6 heteroatoms. The van der Waals surface area contributed by atoms with Crippen molar-refractivity contribution in [2.45, 2.75) is 0 Å². The Labute approximate surface area is 144 Å². The van der Waals surface area contributed by atoms with Gasteiger partial charge in [-0.25, -0.2) is 9.37 Å². The topological polar surface area (TPSA) is 60.5 Å². The smallest absolute Gasteiger partial charge is 0.255 e. The highest BCUT2D eigenvalue weighted by Crippen LogP contribution is 2.30. The van der Waals surface area contributed by atoms with Crippen LogP contribution >= 0.6 is 0 Å². The Bertz CT molecular complexity index is 882. The number of benzene rings is 2. The average molecular weight is 338 g/mol. The van der Waals surface area contributed by atoms with Crippen LogP contribution in [0.3, 0.4) is 0 Å². The van der Waals surface area contributed by atoms with E-state index < -0.39 is 11.7 Å². The lowest BCUT2D eigenvalue weighted by molar-refractivity contribution is 0.102. The summed E-state index contributed by atoms with van der Waals surface area (Å²) in [4.78, 5) is 16.2. The minimum absolute atomic E-state index is 0.231. The third-order valence-corrected chi connectivity index (χ3v) is 3.36. The predicted octanol–water partition coefficient (Wildman–Crippen LogP) is 4.27.